The molecule has 3 aromatic rings. The fourth-order valence-electron chi connectivity index (χ4n) is 2.36. The first-order chi connectivity index (χ1) is 9.58. The zero-order valence-electron chi connectivity index (χ0n) is 11.3. The van der Waals surface area contributed by atoms with Gasteiger partial charge in [0.2, 0.25) is 0 Å². The van der Waals surface area contributed by atoms with Crippen molar-refractivity contribution >= 4 is 23.5 Å². The fourth-order valence-corrected chi connectivity index (χ4v) is 2.51. The van der Waals surface area contributed by atoms with Crippen LogP contribution in [0.5, 0.6) is 0 Å². The maximum Gasteiger partial charge on any atom is 0.265 e. The Morgan fingerprint density at radius 1 is 1.05 bits per heavy atom. The predicted octanol–water partition coefficient (Wildman–Crippen LogP) is 3.29. The predicted molar refractivity (Wildman–Crippen MR) is 84.1 cm³/mol. The van der Waals surface area contributed by atoms with Crippen LogP contribution in [-0.4, -0.2) is 9.55 Å². The summed E-state index contributed by atoms with van der Waals surface area (Å²) >= 11 is 4.27. The second kappa shape index (κ2) is 4.80. The first kappa shape index (κ1) is 12.9. The summed E-state index contributed by atoms with van der Waals surface area (Å²) in [6.45, 7) is 3.82. The highest BCUT2D eigenvalue weighted by molar-refractivity contribution is 7.80. The Bertz CT molecular complexity index is 851. The van der Waals surface area contributed by atoms with Gasteiger partial charge in [0.15, 0.2) is 0 Å². The molecule has 0 bridgehead atoms. The van der Waals surface area contributed by atoms with Crippen LogP contribution in [0.15, 0.2) is 52.2 Å². The van der Waals surface area contributed by atoms with E-state index in [1.807, 2.05) is 56.3 Å². The van der Waals surface area contributed by atoms with E-state index in [1.54, 1.807) is 4.57 Å². The average Bonchev–Trinajstić information content (AvgIpc) is 2.42. The van der Waals surface area contributed by atoms with Gasteiger partial charge in [-0.25, -0.2) is 4.98 Å². The van der Waals surface area contributed by atoms with Gasteiger partial charge in [0.05, 0.1) is 16.6 Å². The molecule has 0 radical (unpaired) electrons. The van der Waals surface area contributed by atoms with Gasteiger partial charge in [-0.05, 0) is 49.7 Å². The van der Waals surface area contributed by atoms with Gasteiger partial charge >= 0.3 is 0 Å². The molecule has 0 aliphatic rings. The molecule has 0 saturated heterocycles. The van der Waals surface area contributed by atoms with Gasteiger partial charge in [-0.2, -0.15) is 0 Å². The fraction of sp³-hybridized carbons (Fsp3) is 0.125. The van der Waals surface area contributed by atoms with Crippen molar-refractivity contribution in [2.24, 2.45) is 0 Å². The third-order valence-electron chi connectivity index (χ3n) is 3.38. The third kappa shape index (κ3) is 2.02. The molecule has 3 nitrogen and oxygen atoms in total. The molecule has 0 atom stereocenters. The molecule has 0 amide bonds. The number of hydrogen-bond donors (Lipinski definition) is 1. The molecule has 2 aromatic carbocycles. The third-order valence-corrected chi connectivity index (χ3v) is 3.67. The lowest BCUT2D eigenvalue weighted by molar-refractivity contribution is 0.892. The number of aryl methyl sites for hydroxylation is 2. The number of para-hydroxylation sites is 1. The quantitative estimate of drug-likeness (QED) is 0.695. The van der Waals surface area contributed by atoms with Crippen molar-refractivity contribution in [3.8, 4) is 5.69 Å². The lowest BCUT2D eigenvalue weighted by Gasteiger charge is -2.11. The van der Waals surface area contributed by atoms with E-state index in [2.05, 4.69) is 17.6 Å². The summed E-state index contributed by atoms with van der Waals surface area (Å²) in [5, 5.41) is 0.644. The monoisotopic (exact) mass is 282 g/mol. The van der Waals surface area contributed by atoms with Crippen LogP contribution in [-0.2, 0) is 0 Å². The molecule has 0 aliphatic carbocycles. The Morgan fingerprint density at radius 2 is 1.75 bits per heavy atom. The number of fused-ring (bicyclic) bond motifs is 1. The minimum Gasteiger partial charge on any atom is -0.268 e. The van der Waals surface area contributed by atoms with Gasteiger partial charge in [-0.15, -0.1) is 12.6 Å². The van der Waals surface area contributed by atoms with Crippen LogP contribution in [0.3, 0.4) is 0 Å². The molecule has 4 heteroatoms. The zero-order chi connectivity index (χ0) is 14.3. The molecule has 0 fully saturated rings. The van der Waals surface area contributed by atoms with E-state index in [0.29, 0.717) is 11.2 Å². The standard InChI is InChI=1S/C16H14N2OS/c1-10-4-3-5-14-15(10)17-11(2)18(16(14)19)12-6-8-13(20)9-7-12/h3-9,20H,1-2H3. The number of thiol groups is 1. The average molecular weight is 282 g/mol. The second-order valence-corrected chi connectivity index (χ2v) is 5.30. The van der Waals surface area contributed by atoms with Gasteiger partial charge in [0.25, 0.3) is 5.56 Å². The molecule has 0 N–H and O–H groups in total. The summed E-state index contributed by atoms with van der Waals surface area (Å²) in [5.41, 5.74) is 2.56. The van der Waals surface area contributed by atoms with Crippen molar-refractivity contribution in [1.29, 1.82) is 0 Å². The summed E-state index contributed by atoms with van der Waals surface area (Å²) in [5.74, 6) is 0.684. The minimum absolute atomic E-state index is 0.0388. The van der Waals surface area contributed by atoms with E-state index in [1.165, 1.54) is 0 Å². The van der Waals surface area contributed by atoms with Gasteiger partial charge in [0, 0.05) is 4.90 Å². The van der Waals surface area contributed by atoms with Gasteiger partial charge < -0.3 is 0 Å². The Morgan fingerprint density at radius 3 is 2.45 bits per heavy atom. The van der Waals surface area contributed by atoms with Gasteiger partial charge in [-0.3, -0.25) is 9.36 Å². The molecular weight excluding hydrogens is 268 g/mol. The maximum absolute atomic E-state index is 12.7. The summed E-state index contributed by atoms with van der Waals surface area (Å²) in [6.07, 6.45) is 0. The van der Waals surface area contributed by atoms with E-state index in [9.17, 15) is 4.79 Å². The van der Waals surface area contributed by atoms with E-state index in [4.69, 9.17) is 0 Å². The zero-order valence-corrected chi connectivity index (χ0v) is 12.2. The van der Waals surface area contributed by atoms with Crippen molar-refractivity contribution in [3.63, 3.8) is 0 Å². The maximum atomic E-state index is 12.7. The second-order valence-electron chi connectivity index (χ2n) is 4.79. The topological polar surface area (TPSA) is 34.9 Å². The smallest absolute Gasteiger partial charge is 0.265 e. The van der Waals surface area contributed by atoms with Crippen molar-refractivity contribution in [3.05, 3.63) is 64.2 Å². The molecule has 0 aliphatic heterocycles. The molecule has 0 unspecified atom stereocenters. The van der Waals surface area contributed by atoms with Crippen LogP contribution in [0.2, 0.25) is 0 Å². The molecule has 1 aromatic heterocycles. The Labute approximate surface area is 122 Å². The lowest BCUT2D eigenvalue weighted by Crippen LogP contribution is -2.22. The van der Waals surface area contributed by atoms with Crippen molar-refractivity contribution in [1.82, 2.24) is 9.55 Å². The summed E-state index contributed by atoms with van der Waals surface area (Å²) in [7, 11) is 0. The number of nitrogens with zero attached hydrogens (tertiary/aromatic N) is 2. The summed E-state index contributed by atoms with van der Waals surface area (Å²) in [6, 6.07) is 13.2. The molecule has 100 valence electrons. The first-order valence-electron chi connectivity index (χ1n) is 6.36. The highest BCUT2D eigenvalue weighted by Gasteiger charge is 2.10. The SMILES string of the molecule is Cc1cccc2c(=O)n(-c3ccc(S)cc3)c(C)nc12. The van der Waals surface area contributed by atoms with Crippen LogP contribution in [0.4, 0.5) is 0 Å². The highest BCUT2D eigenvalue weighted by Crippen LogP contribution is 2.16. The summed E-state index contributed by atoms with van der Waals surface area (Å²) < 4.78 is 1.63. The van der Waals surface area contributed by atoms with Gasteiger partial charge in [-0.1, -0.05) is 12.1 Å². The Hall–Kier alpha value is -2.07. The Balaban J connectivity index is 2.37. The van der Waals surface area contributed by atoms with E-state index in [0.717, 1.165) is 21.7 Å². The highest BCUT2D eigenvalue weighted by atomic mass is 32.1. The van der Waals surface area contributed by atoms with Crippen LogP contribution in [0, 0.1) is 13.8 Å². The van der Waals surface area contributed by atoms with Crippen molar-refractivity contribution in [2.45, 2.75) is 18.7 Å². The van der Waals surface area contributed by atoms with E-state index >= 15 is 0 Å². The van der Waals surface area contributed by atoms with Crippen LogP contribution in [0.1, 0.15) is 11.4 Å². The number of rotatable bonds is 1. The van der Waals surface area contributed by atoms with Crippen molar-refractivity contribution in [2.75, 3.05) is 0 Å². The molecular formula is C16H14N2OS. The lowest BCUT2D eigenvalue weighted by atomic mass is 10.1. The van der Waals surface area contributed by atoms with Crippen molar-refractivity contribution < 1.29 is 0 Å². The van der Waals surface area contributed by atoms with E-state index < -0.39 is 0 Å². The molecule has 20 heavy (non-hydrogen) atoms. The molecule has 1 heterocycles. The number of benzene rings is 2. The van der Waals surface area contributed by atoms with Crippen LogP contribution < -0.4 is 5.56 Å². The van der Waals surface area contributed by atoms with E-state index in [-0.39, 0.29) is 5.56 Å². The minimum atomic E-state index is -0.0388. The number of aromatic nitrogens is 2. The van der Waals surface area contributed by atoms with Crippen LogP contribution >= 0.6 is 12.6 Å². The normalized spacial score (nSPS) is 10.9. The first-order valence-corrected chi connectivity index (χ1v) is 6.81. The molecule has 0 saturated carbocycles. The largest absolute Gasteiger partial charge is 0.268 e. The Kier molecular flexibility index (Phi) is 3.10. The molecule has 0 spiro atoms. The number of hydrogen-bond acceptors (Lipinski definition) is 3. The van der Waals surface area contributed by atoms with Gasteiger partial charge in [0.1, 0.15) is 5.82 Å². The van der Waals surface area contributed by atoms with Crippen LogP contribution in [0.25, 0.3) is 16.6 Å². The summed E-state index contributed by atoms with van der Waals surface area (Å²) in [4.78, 5) is 18.1. The molecule has 3 rings (SSSR count).